The predicted octanol–water partition coefficient (Wildman–Crippen LogP) is 2.88. The van der Waals surface area contributed by atoms with Crippen LogP contribution >= 0.6 is 0 Å². The van der Waals surface area contributed by atoms with Crippen molar-refractivity contribution in [2.24, 2.45) is 0 Å². The number of halogens is 4. The van der Waals surface area contributed by atoms with Gasteiger partial charge in [-0.3, -0.25) is 0 Å². The Labute approximate surface area is 151 Å². The SMILES string of the molecule is COC(=O)C1=C(C)NC2=C(C(=O)OC2)C1c1cccc(F)c1CC(F)(F)F. The summed E-state index contributed by atoms with van der Waals surface area (Å²) in [7, 11) is 1.11. The lowest BCUT2D eigenvalue weighted by molar-refractivity contribution is -0.136. The second-order valence-corrected chi connectivity index (χ2v) is 6.16. The zero-order valence-electron chi connectivity index (χ0n) is 14.4. The first-order chi connectivity index (χ1) is 12.6. The summed E-state index contributed by atoms with van der Waals surface area (Å²) >= 11 is 0. The first-order valence-corrected chi connectivity index (χ1v) is 7.94. The number of alkyl halides is 3. The van der Waals surface area contributed by atoms with Crippen molar-refractivity contribution in [2.45, 2.75) is 25.4 Å². The van der Waals surface area contributed by atoms with E-state index in [-0.39, 0.29) is 23.3 Å². The minimum atomic E-state index is -4.68. The number of cyclic esters (lactones) is 1. The van der Waals surface area contributed by atoms with Gasteiger partial charge in [0.1, 0.15) is 12.4 Å². The number of esters is 2. The van der Waals surface area contributed by atoms with Crippen molar-refractivity contribution in [3.05, 3.63) is 57.7 Å². The Bertz CT molecular complexity index is 886. The van der Waals surface area contributed by atoms with Crippen LogP contribution in [-0.4, -0.2) is 31.8 Å². The van der Waals surface area contributed by atoms with Crippen LogP contribution in [0.3, 0.4) is 0 Å². The lowest BCUT2D eigenvalue weighted by Crippen LogP contribution is -2.31. The molecule has 27 heavy (non-hydrogen) atoms. The third kappa shape index (κ3) is 3.41. The summed E-state index contributed by atoms with van der Waals surface area (Å²) in [5.41, 5.74) is -0.208. The van der Waals surface area contributed by atoms with Gasteiger partial charge in [-0.1, -0.05) is 12.1 Å². The molecule has 0 saturated carbocycles. The van der Waals surface area contributed by atoms with E-state index < -0.39 is 41.8 Å². The van der Waals surface area contributed by atoms with Gasteiger partial charge in [0.2, 0.25) is 0 Å². The summed E-state index contributed by atoms with van der Waals surface area (Å²) in [5.74, 6) is -3.91. The number of benzene rings is 1. The lowest BCUT2D eigenvalue weighted by atomic mass is 9.78. The van der Waals surface area contributed by atoms with Crippen LogP contribution in [0.4, 0.5) is 17.6 Å². The molecular weight excluding hydrogens is 370 g/mol. The number of hydrogen-bond acceptors (Lipinski definition) is 5. The molecule has 0 fully saturated rings. The van der Waals surface area contributed by atoms with E-state index in [1.165, 1.54) is 19.1 Å². The molecule has 2 aliphatic rings. The second kappa shape index (κ2) is 6.71. The molecule has 1 aromatic carbocycles. The van der Waals surface area contributed by atoms with E-state index in [2.05, 4.69) is 5.32 Å². The molecule has 0 spiro atoms. The number of nitrogens with one attached hydrogen (secondary N) is 1. The number of methoxy groups -OCH3 is 1. The summed E-state index contributed by atoms with van der Waals surface area (Å²) < 4.78 is 63.1. The van der Waals surface area contributed by atoms with Crippen molar-refractivity contribution in [1.82, 2.24) is 5.32 Å². The van der Waals surface area contributed by atoms with Gasteiger partial charge in [0, 0.05) is 11.3 Å². The van der Waals surface area contributed by atoms with Gasteiger partial charge in [-0.25, -0.2) is 14.0 Å². The molecule has 144 valence electrons. The van der Waals surface area contributed by atoms with E-state index in [1.807, 2.05) is 0 Å². The molecule has 0 bridgehead atoms. The highest BCUT2D eigenvalue weighted by molar-refractivity contribution is 6.01. The number of carbonyl (C=O) groups is 2. The zero-order chi connectivity index (χ0) is 19.9. The number of carbonyl (C=O) groups excluding carboxylic acids is 2. The topological polar surface area (TPSA) is 64.6 Å². The standard InChI is InChI=1S/C18H15F4NO4/c1-8-13(16(24)26-2)14(15-12(23-8)7-27-17(15)25)9-4-3-5-11(19)10(9)6-18(20,21)22/h3-5,14,23H,6-7H2,1-2H3. The summed E-state index contributed by atoms with van der Waals surface area (Å²) in [6.45, 7) is 1.41. The molecular formula is C18H15F4NO4. The van der Waals surface area contributed by atoms with Crippen molar-refractivity contribution in [2.75, 3.05) is 13.7 Å². The Morgan fingerprint density at radius 3 is 2.70 bits per heavy atom. The Morgan fingerprint density at radius 1 is 1.37 bits per heavy atom. The predicted molar refractivity (Wildman–Crippen MR) is 84.7 cm³/mol. The molecule has 2 heterocycles. The van der Waals surface area contributed by atoms with Crippen molar-refractivity contribution >= 4 is 11.9 Å². The fourth-order valence-corrected chi connectivity index (χ4v) is 3.39. The van der Waals surface area contributed by atoms with Crippen LogP contribution in [0.1, 0.15) is 24.0 Å². The fraction of sp³-hybridized carbons (Fsp3) is 0.333. The van der Waals surface area contributed by atoms with Gasteiger partial charge in [-0.05, 0) is 18.6 Å². The lowest BCUT2D eigenvalue weighted by Gasteiger charge is -2.29. The fourth-order valence-electron chi connectivity index (χ4n) is 3.39. The van der Waals surface area contributed by atoms with Crippen LogP contribution < -0.4 is 5.32 Å². The Morgan fingerprint density at radius 2 is 2.07 bits per heavy atom. The first-order valence-electron chi connectivity index (χ1n) is 7.94. The molecule has 1 aromatic rings. The van der Waals surface area contributed by atoms with Crippen LogP contribution in [-0.2, 0) is 25.5 Å². The first kappa shape index (κ1) is 18.9. The molecule has 1 unspecified atom stereocenters. The average Bonchev–Trinajstić information content (AvgIpc) is 2.94. The average molecular weight is 385 g/mol. The Kier molecular flexibility index (Phi) is 4.71. The minimum Gasteiger partial charge on any atom is -0.466 e. The van der Waals surface area contributed by atoms with E-state index in [0.29, 0.717) is 11.4 Å². The third-order valence-corrected chi connectivity index (χ3v) is 4.46. The van der Waals surface area contributed by atoms with Crippen molar-refractivity contribution in [3.63, 3.8) is 0 Å². The Hall–Kier alpha value is -2.84. The van der Waals surface area contributed by atoms with E-state index in [4.69, 9.17) is 9.47 Å². The Balaban J connectivity index is 2.25. The second-order valence-electron chi connectivity index (χ2n) is 6.16. The van der Waals surface area contributed by atoms with Crippen LogP contribution in [0.2, 0.25) is 0 Å². The maximum Gasteiger partial charge on any atom is 0.393 e. The molecule has 9 heteroatoms. The van der Waals surface area contributed by atoms with Crippen molar-refractivity contribution in [3.8, 4) is 0 Å². The highest BCUT2D eigenvalue weighted by atomic mass is 19.4. The van der Waals surface area contributed by atoms with Gasteiger partial charge < -0.3 is 14.8 Å². The van der Waals surface area contributed by atoms with Crippen LogP contribution in [0.5, 0.6) is 0 Å². The van der Waals surface area contributed by atoms with Gasteiger partial charge in [0.05, 0.1) is 36.3 Å². The molecule has 0 saturated heterocycles. The minimum absolute atomic E-state index is 0.0185. The molecule has 2 aliphatic heterocycles. The van der Waals surface area contributed by atoms with Crippen molar-refractivity contribution in [1.29, 1.82) is 0 Å². The zero-order valence-corrected chi connectivity index (χ0v) is 14.4. The molecule has 3 rings (SSSR count). The smallest absolute Gasteiger partial charge is 0.393 e. The molecule has 5 nitrogen and oxygen atoms in total. The van der Waals surface area contributed by atoms with Gasteiger partial charge in [0.25, 0.3) is 0 Å². The summed E-state index contributed by atoms with van der Waals surface area (Å²) in [5, 5.41) is 2.85. The number of rotatable bonds is 3. The summed E-state index contributed by atoms with van der Waals surface area (Å²) in [6, 6.07) is 3.41. The molecule has 0 aromatic heterocycles. The number of ether oxygens (including phenoxy) is 2. The highest BCUT2D eigenvalue weighted by Gasteiger charge is 2.43. The van der Waals surface area contributed by atoms with Gasteiger partial charge >= 0.3 is 18.1 Å². The maximum absolute atomic E-state index is 14.3. The van der Waals surface area contributed by atoms with E-state index in [9.17, 15) is 27.2 Å². The normalized spacial score (nSPS) is 19.6. The molecule has 0 aliphatic carbocycles. The molecule has 0 amide bonds. The summed E-state index contributed by atoms with van der Waals surface area (Å²) in [4.78, 5) is 24.6. The monoisotopic (exact) mass is 385 g/mol. The number of hydrogen-bond donors (Lipinski definition) is 1. The van der Waals surface area contributed by atoms with Crippen LogP contribution in [0.25, 0.3) is 0 Å². The van der Waals surface area contributed by atoms with Crippen LogP contribution in [0, 0.1) is 5.82 Å². The quantitative estimate of drug-likeness (QED) is 0.640. The largest absolute Gasteiger partial charge is 0.466 e. The number of dihydropyridines is 1. The molecule has 1 N–H and O–H groups in total. The summed E-state index contributed by atoms with van der Waals surface area (Å²) in [6.07, 6.45) is -6.22. The maximum atomic E-state index is 14.3. The number of allylic oxidation sites excluding steroid dienone is 1. The van der Waals surface area contributed by atoms with Gasteiger partial charge in [0.15, 0.2) is 0 Å². The molecule has 1 atom stereocenters. The van der Waals surface area contributed by atoms with E-state index >= 15 is 0 Å². The van der Waals surface area contributed by atoms with E-state index in [1.54, 1.807) is 0 Å². The van der Waals surface area contributed by atoms with Crippen molar-refractivity contribution < 1.29 is 36.6 Å². The third-order valence-electron chi connectivity index (χ3n) is 4.46. The highest BCUT2D eigenvalue weighted by Crippen LogP contribution is 2.43. The van der Waals surface area contributed by atoms with E-state index in [0.717, 1.165) is 13.2 Å². The van der Waals surface area contributed by atoms with Gasteiger partial charge in [-0.15, -0.1) is 0 Å². The van der Waals surface area contributed by atoms with Gasteiger partial charge in [-0.2, -0.15) is 13.2 Å². The van der Waals surface area contributed by atoms with Crippen LogP contribution in [0.15, 0.2) is 40.7 Å². The molecule has 0 radical (unpaired) electrons.